The van der Waals surface area contributed by atoms with Gasteiger partial charge in [0.15, 0.2) is 5.43 Å². The lowest BCUT2D eigenvalue weighted by atomic mass is 10.2. The van der Waals surface area contributed by atoms with Crippen molar-refractivity contribution in [1.29, 1.82) is 0 Å². The van der Waals surface area contributed by atoms with E-state index < -0.39 is 0 Å². The Hall–Kier alpha value is -2.88. The number of hydrogen-bond donors (Lipinski definition) is 0. The lowest BCUT2D eigenvalue weighted by Gasteiger charge is -2.03. The predicted molar refractivity (Wildman–Crippen MR) is 82.1 cm³/mol. The Labute approximate surface area is 120 Å². The molecule has 0 aliphatic carbocycles. The number of benzene rings is 2. The third-order valence-corrected chi connectivity index (χ3v) is 3.67. The summed E-state index contributed by atoms with van der Waals surface area (Å²) in [5.74, 6) is 1.47. The molecule has 0 fully saturated rings. The van der Waals surface area contributed by atoms with E-state index >= 15 is 0 Å². The van der Waals surface area contributed by atoms with Crippen LogP contribution in [0.25, 0.3) is 27.8 Å². The van der Waals surface area contributed by atoms with Crippen LogP contribution in [0.15, 0.2) is 59.5 Å². The highest BCUT2D eigenvalue weighted by Gasteiger charge is 2.15. The van der Waals surface area contributed by atoms with Gasteiger partial charge in [-0.25, -0.2) is 4.98 Å². The molecule has 0 N–H and O–H groups in total. The van der Waals surface area contributed by atoms with Crippen molar-refractivity contribution >= 4 is 16.4 Å². The average Bonchev–Trinajstić information content (AvgIpc) is 2.91. The number of aromatic nitrogens is 2. The van der Waals surface area contributed by atoms with Crippen molar-refractivity contribution in [2.45, 2.75) is 0 Å². The van der Waals surface area contributed by atoms with E-state index in [1.54, 1.807) is 25.4 Å². The van der Waals surface area contributed by atoms with Crippen LogP contribution in [0.3, 0.4) is 0 Å². The molecule has 0 atom stereocenters. The summed E-state index contributed by atoms with van der Waals surface area (Å²) in [6, 6.07) is 15.1. The molecule has 0 saturated heterocycles. The zero-order valence-electron chi connectivity index (χ0n) is 11.4. The van der Waals surface area contributed by atoms with E-state index in [2.05, 4.69) is 4.98 Å². The second-order valence-electron chi connectivity index (χ2n) is 4.89. The number of nitrogens with zero attached hydrogens (tertiary/aromatic N) is 2. The Bertz CT molecular complexity index is 990. The van der Waals surface area contributed by atoms with Gasteiger partial charge in [-0.2, -0.15) is 0 Å². The molecule has 0 unspecified atom stereocenters. The Morgan fingerprint density at radius 3 is 2.67 bits per heavy atom. The molecule has 2 aromatic carbocycles. The number of imidazole rings is 1. The van der Waals surface area contributed by atoms with Crippen molar-refractivity contribution in [2.24, 2.45) is 0 Å². The van der Waals surface area contributed by atoms with Gasteiger partial charge in [-0.15, -0.1) is 0 Å². The number of methoxy groups -OCH3 is 1. The van der Waals surface area contributed by atoms with Crippen molar-refractivity contribution in [2.75, 3.05) is 7.11 Å². The summed E-state index contributed by atoms with van der Waals surface area (Å²) in [7, 11) is 1.59. The predicted octanol–water partition coefficient (Wildman–Crippen LogP) is 2.96. The van der Waals surface area contributed by atoms with E-state index in [4.69, 9.17) is 4.74 Å². The fourth-order valence-electron chi connectivity index (χ4n) is 2.68. The van der Waals surface area contributed by atoms with Crippen molar-refractivity contribution in [3.05, 3.63) is 65.0 Å². The van der Waals surface area contributed by atoms with Crippen LogP contribution < -0.4 is 10.2 Å². The maximum absolute atomic E-state index is 12.1. The Morgan fingerprint density at radius 2 is 1.90 bits per heavy atom. The summed E-state index contributed by atoms with van der Waals surface area (Å²) in [6.45, 7) is 0. The summed E-state index contributed by atoms with van der Waals surface area (Å²) in [6.07, 6.45) is 1.78. The van der Waals surface area contributed by atoms with E-state index in [9.17, 15) is 4.79 Å². The third-order valence-electron chi connectivity index (χ3n) is 3.67. The van der Waals surface area contributed by atoms with Crippen LogP contribution in [-0.4, -0.2) is 16.5 Å². The number of hydrogen-bond acceptors (Lipinski definition) is 3. The van der Waals surface area contributed by atoms with Crippen LogP contribution in [-0.2, 0) is 0 Å². The summed E-state index contributed by atoms with van der Waals surface area (Å²) < 4.78 is 7.23. The zero-order valence-corrected chi connectivity index (χ0v) is 11.4. The molecule has 0 aliphatic heterocycles. The molecule has 0 bridgehead atoms. The van der Waals surface area contributed by atoms with Gasteiger partial charge < -0.3 is 4.74 Å². The number of rotatable bonds is 2. The molecule has 4 rings (SSSR count). The highest BCUT2D eigenvalue weighted by Crippen LogP contribution is 2.29. The van der Waals surface area contributed by atoms with Crippen LogP contribution >= 0.6 is 0 Å². The quantitative estimate of drug-likeness (QED) is 0.565. The minimum absolute atomic E-state index is 0.0223. The summed E-state index contributed by atoms with van der Waals surface area (Å²) in [5, 5.41) is 0.626. The monoisotopic (exact) mass is 276 g/mol. The SMILES string of the molecule is COc1cc2nc(-c3ccccc3)n3ccc(=O)c(c1)c23. The van der Waals surface area contributed by atoms with E-state index in [0.717, 1.165) is 22.4 Å². The normalized spacial score (nSPS) is 11.3. The molecule has 0 amide bonds. The minimum atomic E-state index is -0.0223. The molecule has 2 heterocycles. The minimum Gasteiger partial charge on any atom is -0.497 e. The summed E-state index contributed by atoms with van der Waals surface area (Å²) in [5.41, 5.74) is 2.59. The Morgan fingerprint density at radius 1 is 1.10 bits per heavy atom. The molecule has 4 nitrogen and oxygen atoms in total. The Kier molecular flexibility index (Phi) is 2.44. The molecule has 0 aliphatic rings. The molecule has 4 heteroatoms. The fourth-order valence-corrected chi connectivity index (χ4v) is 2.68. The first-order valence-electron chi connectivity index (χ1n) is 6.66. The van der Waals surface area contributed by atoms with Gasteiger partial charge in [0.25, 0.3) is 0 Å². The largest absolute Gasteiger partial charge is 0.497 e. The van der Waals surface area contributed by atoms with Gasteiger partial charge in [0.2, 0.25) is 0 Å². The molecule has 2 aromatic heterocycles. The van der Waals surface area contributed by atoms with Gasteiger partial charge in [0.1, 0.15) is 11.6 Å². The Balaban J connectivity index is 2.17. The van der Waals surface area contributed by atoms with Crippen LogP contribution in [0.1, 0.15) is 0 Å². The average molecular weight is 276 g/mol. The highest BCUT2D eigenvalue weighted by molar-refractivity contribution is 5.97. The van der Waals surface area contributed by atoms with Gasteiger partial charge in [0.05, 0.1) is 23.5 Å². The number of ether oxygens (including phenoxy) is 1. The van der Waals surface area contributed by atoms with Gasteiger partial charge in [-0.1, -0.05) is 30.3 Å². The van der Waals surface area contributed by atoms with Gasteiger partial charge >= 0.3 is 0 Å². The maximum atomic E-state index is 12.1. The van der Waals surface area contributed by atoms with Gasteiger partial charge in [-0.05, 0) is 6.07 Å². The lowest BCUT2D eigenvalue weighted by Crippen LogP contribution is -2.02. The first-order chi connectivity index (χ1) is 10.3. The summed E-state index contributed by atoms with van der Waals surface area (Å²) in [4.78, 5) is 16.8. The van der Waals surface area contributed by atoms with Gasteiger partial charge in [0, 0.05) is 23.9 Å². The molecule has 4 aromatic rings. The molecule has 102 valence electrons. The third kappa shape index (κ3) is 1.69. The highest BCUT2D eigenvalue weighted by atomic mass is 16.5. The molecule has 21 heavy (non-hydrogen) atoms. The van der Waals surface area contributed by atoms with E-state index in [-0.39, 0.29) is 5.43 Å². The molecular formula is C17H12N2O2. The van der Waals surface area contributed by atoms with E-state index in [1.165, 1.54) is 0 Å². The second-order valence-corrected chi connectivity index (χ2v) is 4.89. The van der Waals surface area contributed by atoms with Crippen molar-refractivity contribution < 1.29 is 4.74 Å². The first-order valence-corrected chi connectivity index (χ1v) is 6.66. The van der Waals surface area contributed by atoms with Crippen molar-refractivity contribution in [1.82, 2.24) is 9.38 Å². The molecular weight excluding hydrogens is 264 g/mol. The molecule has 0 radical (unpaired) electrons. The van der Waals surface area contributed by atoms with Crippen molar-refractivity contribution in [3.8, 4) is 17.1 Å². The van der Waals surface area contributed by atoms with Gasteiger partial charge in [-0.3, -0.25) is 9.20 Å². The maximum Gasteiger partial charge on any atom is 0.189 e. The fraction of sp³-hybridized carbons (Fsp3) is 0.0588. The smallest absolute Gasteiger partial charge is 0.189 e. The summed E-state index contributed by atoms with van der Waals surface area (Å²) >= 11 is 0. The zero-order chi connectivity index (χ0) is 14.4. The van der Waals surface area contributed by atoms with Crippen LogP contribution in [0, 0.1) is 0 Å². The standard InChI is InChI=1S/C17H12N2O2/c1-21-12-9-13-15(20)7-8-19-16(13)14(10-12)18-17(19)11-5-3-2-4-6-11/h2-10H,1H3. The van der Waals surface area contributed by atoms with E-state index in [1.807, 2.05) is 40.8 Å². The van der Waals surface area contributed by atoms with Crippen LogP contribution in [0.5, 0.6) is 5.75 Å². The topological polar surface area (TPSA) is 43.6 Å². The molecule has 0 saturated carbocycles. The number of pyridine rings is 1. The van der Waals surface area contributed by atoms with Crippen molar-refractivity contribution in [3.63, 3.8) is 0 Å². The first kappa shape index (κ1) is 11.9. The van der Waals surface area contributed by atoms with Crippen LogP contribution in [0.4, 0.5) is 0 Å². The van der Waals surface area contributed by atoms with E-state index in [0.29, 0.717) is 11.1 Å². The lowest BCUT2D eigenvalue weighted by molar-refractivity contribution is 0.416. The second kappa shape index (κ2) is 4.31. The van der Waals surface area contributed by atoms with Crippen LogP contribution in [0.2, 0.25) is 0 Å². The molecule has 0 spiro atoms.